The number of carbonyl (C=O) groups is 3. The molecule has 2 N–H and O–H groups in total. The van der Waals surface area contributed by atoms with Gasteiger partial charge >= 0.3 is 6.18 Å². The second kappa shape index (κ2) is 12.8. The summed E-state index contributed by atoms with van der Waals surface area (Å²) in [6.45, 7) is 0.0712. The standard InChI is InChI=1S/C23H24ClF5N4O4S/c1-2-32(11-19(25)26)16(10-30-22(36)17-5-6-18(24)38-17)21(35)31-15-4-3-13(9-14(15)23(27,28)29)33-7-8-37-12-20(33)34/h3-6,9,16,19H,2,7-8,10-12H2,1H3,(H,30,36)(H,31,35)/t16-/m1/s1. The Morgan fingerprint density at radius 2 is 1.97 bits per heavy atom. The molecule has 2 aromatic rings. The van der Waals surface area contributed by atoms with E-state index >= 15 is 0 Å². The maximum atomic E-state index is 13.9. The molecule has 1 aliphatic rings. The minimum Gasteiger partial charge on any atom is -0.370 e. The minimum absolute atomic E-state index is 0.0325. The van der Waals surface area contributed by atoms with Gasteiger partial charge in [-0.1, -0.05) is 18.5 Å². The Hall–Kier alpha value is -2.81. The van der Waals surface area contributed by atoms with Crippen LogP contribution in [0.5, 0.6) is 0 Å². The Morgan fingerprint density at radius 3 is 2.55 bits per heavy atom. The van der Waals surface area contributed by atoms with Gasteiger partial charge < -0.3 is 20.3 Å². The van der Waals surface area contributed by atoms with Crippen LogP contribution in [0.3, 0.4) is 0 Å². The molecule has 1 aromatic carbocycles. The zero-order chi connectivity index (χ0) is 28.0. The molecule has 0 saturated carbocycles. The van der Waals surface area contributed by atoms with Gasteiger partial charge in [-0.05, 0) is 36.9 Å². The van der Waals surface area contributed by atoms with Gasteiger partial charge in [-0.3, -0.25) is 19.3 Å². The average Bonchev–Trinajstić information content (AvgIpc) is 3.29. The maximum absolute atomic E-state index is 13.9. The fraction of sp³-hybridized carbons (Fsp3) is 0.435. The monoisotopic (exact) mass is 582 g/mol. The topological polar surface area (TPSA) is 91.0 Å². The summed E-state index contributed by atoms with van der Waals surface area (Å²) in [7, 11) is 0. The third kappa shape index (κ3) is 7.62. The van der Waals surface area contributed by atoms with Gasteiger partial charge in [-0.2, -0.15) is 13.2 Å². The number of benzene rings is 1. The molecule has 0 aliphatic carbocycles. The summed E-state index contributed by atoms with van der Waals surface area (Å²) in [4.78, 5) is 40.1. The Kier molecular flexibility index (Phi) is 10.0. The molecule has 8 nitrogen and oxygen atoms in total. The fourth-order valence-corrected chi connectivity index (χ4v) is 4.76. The Bertz CT molecular complexity index is 1160. The predicted octanol–water partition coefficient (Wildman–Crippen LogP) is 4.11. The first-order valence-electron chi connectivity index (χ1n) is 11.4. The lowest BCUT2D eigenvalue weighted by Gasteiger charge is -2.30. The molecule has 0 unspecified atom stereocenters. The van der Waals surface area contributed by atoms with E-state index < -0.39 is 60.7 Å². The van der Waals surface area contributed by atoms with Gasteiger partial charge in [0.15, 0.2) is 0 Å². The number of anilines is 2. The number of likely N-dealkylation sites (N-methyl/N-ethyl adjacent to an activating group) is 1. The highest BCUT2D eigenvalue weighted by atomic mass is 35.5. The number of hydrogen-bond acceptors (Lipinski definition) is 6. The van der Waals surface area contributed by atoms with Gasteiger partial charge in [0.25, 0.3) is 18.2 Å². The van der Waals surface area contributed by atoms with Crippen molar-refractivity contribution >= 4 is 52.0 Å². The molecule has 0 spiro atoms. The minimum atomic E-state index is -4.91. The van der Waals surface area contributed by atoms with E-state index in [9.17, 15) is 36.3 Å². The molecular weight excluding hydrogens is 559 g/mol. The molecule has 1 atom stereocenters. The fourth-order valence-electron chi connectivity index (χ4n) is 3.81. The first-order valence-corrected chi connectivity index (χ1v) is 12.6. The van der Waals surface area contributed by atoms with E-state index in [-0.39, 0.29) is 36.9 Å². The van der Waals surface area contributed by atoms with Crippen molar-refractivity contribution in [1.29, 1.82) is 0 Å². The number of hydrogen-bond donors (Lipinski definition) is 2. The van der Waals surface area contributed by atoms with E-state index in [2.05, 4.69) is 10.6 Å². The molecule has 0 bridgehead atoms. The molecule has 0 radical (unpaired) electrons. The normalized spacial score (nSPS) is 15.2. The quantitative estimate of drug-likeness (QED) is 0.412. The molecule has 15 heteroatoms. The predicted molar refractivity (Wildman–Crippen MR) is 132 cm³/mol. The summed E-state index contributed by atoms with van der Waals surface area (Å²) in [5.74, 6) is -2.17. The van der Waals surface area contributed by atoms with Crippen LogP contribution in [-0.4, -0.2) is 74.5 Å². The number of thiophene rings is 1. The van der Waals surface area contributed by atoms with E-state index in [0.717, 1.165) is 33.3 Å². The molecule has 3 amide bonds. The van der Waals surface area contributed by atoms with Gasteiger partial charge in [-0.15, -0.1) is 11.3 Å². The van der Waals surface area contributed by atoms with Gasteiger partial charge in [-0.25, -0.2) is 8.78 Å². The van der Waals surface area contributed by atoms with Crippen LogP contribution < -0.4 is 15.5 Å². The molecule has 1 fully saturated rings. The van der Waals surface area contributed by atoms with Crippen molar-refractivity contribution in [2.75, 3.05) is 49.6 Å². The van der Waals surface area contributed by atoms with E-state index in [1.807, 2.05) is 0 Å². The van der Waals surface area contributed by atoms with E-state index in [0.29, 0.717) is 4.34 Å². The summed E-state index contributed by atoms with van der Waals surface area (Å²) in [6, 6.07) is 4.45. The highest BCUT2D eigenvalue weighted by Crippen LogP contribution is 2.38. The lowest BCUT2D eigenvalue weighted by atomic mass is 10.1. The molecule has 1 aliphatic heterocycles. The number of morpholine rings is 1. The molecule has 208 valence electrons. The number of nitrogens with zero attached hydrogens (tertiary/aromatic N) is 2. The zero-order valence-corrected chi connectivity index (χ0v) is 21.6. The second-order valence-corrected chi connectivity index (χ2v) is 9.84. The number of carbonyl (C=O) groups excluding carboxylic acids is 3. The Balaban J connectivity index is 1.86. The highest BCUT2D eigenvalue weighted by Gasteiger charge is 2.37. The zero-order valence-electron chi connectivity index (χ0n) is 20.0. The van der Waals surface area contributed by atoms with Crippen LogP contribution in [0.15, 0.2) is 30.3 Å². The smallest absolute Gasteiger partial charge is 0.370 e. The lowest BCUT2D eigenvalue weighted by Crippen LogP contribution is -2.52. The second-order valence-electron chi connectivity index (χ2n) is 8.12. The van der Waals surface area contributed by atoms with Crippen LogP contribution in [0.4, 0.5) is 33.3 Å². The number of ether oxygens (including phenoxy) is 1. The van der Waals surface area contributed by atoms with E-state index in [1.165, 1.54) is 25.1 Å². The van der Waals surface area contributed by atoms with Crippen molar-refractivity contribution in [2.45, 2.75) is 25.6 Å². The first kappa shape index (κ1) is 29.7. The number of amides is 3. The maximum Gasteiger partial charge on any atom is 0.418 e. The number of alkyl halides is 5. The Morgan fingerprint density at radius 1 is 1.24 bits per heavy atom. The number of rotatable bonds is 10. The average molecular weight is 583 g/mol. The molecule has 1 aromatic heterocycles. The molecule has 2 heterocycles. The lowest BCUT2D eigenvalue weighted by molar-refractivity contribution is -0.137. The third-order valence-corrected chi connectivity index (χ3v) is 6.87. The van der Waals surface area contributed by atoms with Crippen LogP contribution in [0.1, 0.15) is 22.2 Å². The van der Waals surface area contributed by atoms with E-state index in [1.54, 1.807) is 0 Å². The van der Waals surface area contributed by atoms with Crippen LogP contribution in [-0.2, 0) is 20.5 Å². The van der Waals surface area contributed by atoms with Gasteiger partial charge in [0.2, 0.25) is 5.91 Å². The van der Waals surface area contributed by atoms with Crippen LogP contribution in [0.2, 0.25) is 4.34 Å². The summed E-state index contributed by atoms with van der Waals surface area (Å²) in [5.41, 5.74) is -1.88. The summed E-state index contributed by atoms with van der Waals surface area (Å²) in [6.07, 6.45) is -7.75. The van der Waals surface area contributed by atoms with Crippen molar-refractivity contribution in [3.63, 3.8) is 0 Å². The van der Waals surface area contributed by atoms with Gasteiger partial charge in [0.1, 0.15) is 12.6 Å². The van der Waals surface area contributed by atoms with Crippen LogP contribution in [0.25, 0.3) is 0 Å². The van der Waals surface area contributed by atoms with Gasteiger partial charge in [0, 0.05) is 18.8 Å². The van der Waals surface area contributed by atoms with E-state index in [4.69, 9.17) is 16.3 Å². The number of halogens is 6. The van der Waals surface area contributed by atoms with Crippen molar-refractivity contribution < 1.29 is 41.1 Å². The highest BCUT2D eigenvalue weighted by molar-refractivity contribution is 7.18. The van der Waals surface area contributed by atoms with Crippen molar-refractivity contribution in [1.82, 2.24) is 10.2 Å². The van der Waals surface area contributed by atoms with Crippen LogP contribution >= 0.6 is 22.9 Å². The Labute approximate surface area is 223 Å². The third-order valence-electron chi connectivity index (χ3n) is 5.64. The first-order chi connectivity index (χ1) is 17.9. The summed E-state index contributed by atoms with van der Waals surface area (Å²) in [5, 5.41) is 4.63. The molecule has 3 rings (SSSR count). The van der Waals surface area contributed by atoms with Crippen molar-refractivity contribution in [3.8, 4) is 0 Å². The SMILES string of the molecule is CCN(CC(F)F)[C@H](CNC(=O)c1ccc(Cl)s1)C(=O)Nc1ccc(N2CCOCC2=O)cc1C(F)(F)F. The summed E-state index contributed by atoms with van der Waals surface area (Å²) < 4.78 is 73.5. The van der Waals surface area contributed by atoms with Gasteiger partial charge in [0.05, 0.1) is 33.6 Å². The largest absolute Gasteiger partial charge is 0.418 e. The van der Waals surface area contributed by atoms with Crippen molar-refractivity contribution in [2.24, 2.45) is 0 Å². The molecule has 1 saturated heterocycles. The van der Waals surface area contributed by atoms with Crippen molar-refractivity contribution in [3.05, 3.63) is 45.1 Å². The molecule has 38 heavy (non-hydrogen) atoms. The summed E-state index contributed by atoms with van der Waals surface area (Å²) >= 11 is 6.78. The molecular formula is C23H24ClF5N4O4S. The number of nitrogens with one attached hydrogen (secondary N) is 2. The van der Waals surface area contributed by atoms with Crippen LogP contribution in [0, 0.1) is 0 Å².